The van der Waals surface area contributed by atoms with Gasteiger partial charge in [0.1, 0.15) is 0 Å². The van der Waals surface area contributed by atoms with Crippen molar-refractivity contribution >= 4 is 5.97 Å². The number of rotatable bonds is 3. The molecule has 1 atom stereocenters. The van der Waals surface area contributed by atoms with Gasteiger partial charge in [-0.1, -0.05) is 19.9 Å². The number of carboxylic acid groups (broad SMARTS) is 1. The molecule has 2 rings (SSSR count). The highest BCUT2D eigenvalue weighted by Crippen LogP contribution is 2.43. The molecule has 4 nitrogen and oxygen atoms in total. The Morgan fingerprint density at radius 3 is 2.59 bits per heavy atom. The minimum Gasteiger partial charge on any atom is -0.481 e. The fourth-order valence-electron chi connectivity index (χ4n) is 2.12. The lowest BCUT2D eigenvalue weighted by Crippen LogP contribution is -2.11. The van der Waals surface area contributed by atoms with Gasteiger partial charge in [-0.05, 0) is 24.5 Å². The van der Waals surface area contributed by atoms with E-state index in [1.54, 1.807) is 13.0 Å². The minimum absolute atomic E-state index is 0.198. The number of aliphatic carboxylic acids is 1. The summed E-state index contributed by atoms with van der Waals surface area (Å²) in [5, 5.41) is 9.12. The fraction of sp³-hybridized carbons (Fsp3) is 0.462. The minimum atomic E-state index is -0.828. The SMILES string of the molecule is CC(C)c1c(C(C)C(=O)O)ccc2c1OCO2. The van der Waals surface area contributed by atoms with Crippen LogP contribution in [0.4, 0.5) is 0 Å². The van der Waals surface area contributed by atoms with Gasteiger partial charge in [0.2, 0.25) is 6.79 Å². The molecule has 4 heteroatoms. The Labute approximate surface area is 100 Å². The lowest BCUT2D eigenvalue weighted by Gasteiger charge is -2.17. The van der Waals surface area contributed by atoms with E-state index in [2.05, 4.69) is 0 Å². The van der Waals surface area contributed by atoms with Crippen LogP contribution in [0.1, 0.15) is 43.7 Å². The van der Waals surface area contributed by atoms with Crippen LogP contribution in [0.3, 0.4) is 0 Å². The molecule has 0 radical (unpaired) electrons. The molecule has 17 heavy (non-hydrogen) atoms. The van der Waals surface area contributed by atoms with E-state index in [9.17, 15) is 4.79 Å². The number of carbonyl (C=O) groups is 1. The molecule has 1 aromatic carbocycles. The summed E-state index contributed by atoms with van der Waals surface area (Å²) in [6, 6.07) is 3.60. The highest BCUT2D eigenvalue weighted by atomic mass is 16.7. The van der Waals surface area contributed by atoms with Gasteiger partial charge in [-0.15, -0.1) is 0 Å². The van der Waals surface area contributed by atoms with Crippen LogP contribution in [0.25, 0.3) is 0 Å². The number of hydrogen-bond donors (Lipinski definition) is 1. The van der Waals surface area contributed by atoms with Gasteiger partial charge in [-0.25, -0.2) is 0 Å². The molecule has 1 aliphatic rings. The molecule has 0 aromatic heterocycles. The summed E-state index contributed by atoms with van der Waals surface area (Å²) in [6.45, 7) is 5.94. The summed E-state index contributed by atoms with van der Waals surface area (Å²) in [5.74, 6) is 0.233. The predicted octanol–water partition coefficient (Wildman–Crippen LogP) is 2.73. The zero-order valence-corrected chi connectivity index (χ0v) is 10.2. The van der Waals surface area contributed by atoms with E-state index in [4.69, 9.17) is 14.6 Å². The fourth-order valence-corrected chi connectivity index (χ4v) is 2.12. The van der Waals surface area contributed by atoms with Crippen molar-refractivity contribution in [3.8, 4) is 11.5 Å². The van der Waals surface area contributed by atoms with E-state index >= 15 is 0 Å². The first kappa shape index (κ1) is 11.8. The monoisotopic (exact) mass is 236 g/mol. The summed E-state index contributed by atoms with van der Waals surface area (Å²) < 4.78 is 10.8. The first-order chi connectivity index (χ1) is 8.02. The molecule has 0 bridgehead atoms. The molecule has 1 heterocycles. The van der Waals surface area contributed by atoms with Crippen LogP contribution in [0.2, 0.25) is 0 Å². The summed E-state index contributed by atoms with van der Waals surface area (Å²) in [7, 11) is 0. The largest absolute Gasteiger partial charge is 0.481 e. The summed E-state index contributed by atoms with van der Waals surface area (Å²) in [4.78, 5) is 11.1. The van der Waals surface area contributed by atoms with Crippen LogP contribution in [0.5, 0.6) is 11.5 Å². The van der Waals surface area contributed by atoms with Crippen molar-refractivity contribution in [1.29, 1.82) is 0 Å². The van der Waals surface area contributed by atoms with Crippen LogP contribution < -0.4 is 9.47 Å². The smallest absolute Gasteiger partial charge is 0.310 e. The Kier molecular flexibility index (Phi) is 2.96. The van der Waals surface area contributed by atoms with Gasteiger partial charge in [0.25, 0.3) is 0 Å². The maximum Gasteiger partial charge on any atom is 0.310 e. The maximum atomic E-state index is 11.1. The molecule has 1 aliphatic heterocycles. The highest BCUT2D eigenvalue weighted by Gasteiger charge is 2.27. The second kappa shape index (κ2) is 4.28. The van der Waals surface area contributed by atoms with Crippen molar-refractivity contribution < 1.29 is 19.4 Å². The predicted molar refractivity (Wildman–Crippen MR) is 62.7 cm³/mol. The standard InChI is InChI=1S/C13H16O4/c1-7(2)11-9(8(3)13(14)15)4-5-10-12(11)17-6-16-10/h4-5,7-8H,6H2,1-3H3,(H,14,15). The Morgan fingerprint density at radius 1 is 1.29 bits per heavy atom. The van der Waals surface area contributed by atoms with Gasteiger partial charge in [0, 0.05) is 5.56 Å². The number of fused-ring (bicyclic) bond motifs is 1. The van der Waals surface area contributed by atoms with Crippen molar-refractivity contribution in [2.24, 2.45) is 0 Å². The van der Waals surface area contributed by atoms with Gasteiger partial charge in [0.15, 0.2) is 11.5 Å². The number of benzene rings is 1. The van der Waals surface area contributed by atoms with Crippen LogP contribution in [0, 0.1) is 0 Å². The number of ether oxygens (including phenoxy) is 2. The molecule has 0 aliphatic carbocycles. The normalized spacial score (nSPS) is 15.1. The third-order valence-corrected chi connectivity index (χ3v) is 3.03. The van der Waals surface area contributed by atoms with Crippen LogP contribution in [-0.4, -0.2) is 17.9 Å². The second-order valence-electron chi connectivity index (χ2n) is 4.52. The summed E-state index contributed by atoms with van der Waals surface area (Å²) in [5.41, 5.74) is 1.74. The van der Waals surface area contributed by atoms with E-state index in [0.29, 0.717) is 11.5 Å². The van der Waals surface area contributed by atoms with Gasteiger partial charge in [-0.3, -0.25) is 4.79 Å². The van der Waals surface area contributed by atoms with Crippen molar-refractivity contribution in [3.63, 3.8) is 0 Å². The molecule has 0 saturated heterocycles. The molecular formula is C13H16O4. The summed E-state index contributed by atoms with van der Waals surface area (Å²) >= 11 is 0. The Balaban J connectivity index is 2.56. The average molecular weight is 236 g/mol. The molecule has 1 N–H and O–H groups in total. The van der Waals surface area contributed by atoms with Gasteiger partial charge in [0.05, 0.1) is 5.92 Å². The van der Waals surface area contributed by atoms with Crippen LogP contribution >= 0.6 is 0 Å². The van der Waals surface area contributed by atoms with Gasteiger partial charge >= 0.3 is 5.97 Å². The van der Waals surface area contributed by atoms with Crippen molar-refractivity contribution in [3.05, 3.63) is 23.3 Å². The summed E-state index contributed by atoms with van der Waals surface area (Å²) in [6.07, 6.45) is 0. The molecule has 0 amide bonds. The zero-order valence-electron chi connectivity index (χ0n) is 10.2. The third kappa shape index (κ3) is 1.95. The third-order valence-electron chi connectivity index (χ3n) is 3.03. The average Bonchev–Trinajstić information content (AvgIpc) is 2.73. The first-order valence-electron chi connectivity index (χ1n) is 5.67. The van der Waals surface area contributed by atoms with Crippen molar-refractivity contribution in [2.45, 2.75) is 32.6 Å². The number of carboxylic acids is 1. The molecule has 92 valence electrons. The zero-order chi connectivity index (χ0) is 12.6. The molecule has 0 saturated carbocycles. The van der Waals surface area contributed by atoms with E-state index < -0.39 is 11.9 Å². The van der Waals surface area contributed by atoms with E-state index in [1.807, 2.05) is 19.9 Å². The van der Waals surface area contributed by atoms with Crippen molar-refractivity contribution in [1.82, 2.24) is 0 Å². The van der Waals surface area contributed by atoms with E-state index in [0.717, 1.165) is 11.1 Å². The van der Waals surface area contributed by atoms with Gasteiger partial charge in [-0.2, -0.15) is 0 Å². The second-order valence-corrected chi connectivity index (χ2v) is 4.52. The Hall–Kier alpha value is -1.71. The first-order valence-corrected chi connectivity index (χ1v) is 5.67. The lowest BCUT2D eigenvalue weighted by atomic mass is 9.88. The van der Waals surface area contributed by atoms with Crippen LogP contribution in [0.15, 0.2) is 12.1 Å². The number of hydrogen-bond acceptors (Lipinski definition) is 3. The molecule has 1 aromatic rings. The van der Waals surface area contributed by atoms with E-state index in [1.165, 1.54) is 0 Å². The molecule has 0 fully saturated rings. The van der Waals surface area contributed by atoms with Crippen LogP contribution in [-0.2, 0) is 4.79 Å². The maximum absolute atomic E-state index is 11.1. The van der Waals surface area contributed by atoms with Crippen molar-refractivity contribution in [2.75, 3.05) is 6.79 Å². The lowest BCUT2D eigenvalue weighted by molar-refractivity contribution is -0.138. The molecule has 1 unspecified atom stereocenters. The Morgan fingerprint density at radius 2 is 2.00 bits per heavy atom. The van der Waals surface area contributed by atoms with E-state index in [-0.39, 0.29) is 12.7 Å². The molecular weight excluding hydrogens is 220 g/mol. The Bertz CT molecular complexity index is 451. The molecule has 0 spiro atoms. The highest BCUT2D eigenvalue weighted by molar-refractivity contribution is 5.77. The van der Waals surface area contributed by atoms with Gasteiger partial charge < -0.3 is 14.6 Å². The topological polar surface area (TPSA) is 55.8 Å². The quantitative estimate of drug-likeness (QED) is 0.876.